The maximum atomic E-state index is 12.3. The summed E-state index contributed by atoms with van der Waals surface area (Å²) < 4.78 is 5.10. The lowest BCUT2D eigenvalue weighted by molar-refractivity contribution is 0.102. The molecule has 2 aromatic carbocycles. The Morgan fingerprint density at radius 2 is 1.92 bits per heavy atom. The molecule has 1 heterocycles. The van der Waals surface area contributed by atoms with Gasteiger partial charge < -0.3 is 15.4 Å². The van der Waals surface area contributed by atoms with Crippen LogP contribution in [0.2, 0.25) is 5.02 Å². The number of carbonyl (C=O) groups is 1. The summed E-state index contributed by atoms with van der Waals surface area (Å²) in [4.78, 5) is 16.6. The quantitative estimate of drug-likeness (QED) is 0.662. The van der Waals surface area contributed by atoms with Crippen molar-refractivity contribution >= 4 is 34.7 Å². The van der Waals surface area contributed by atoms with E-state index in [0.29, 0.717) is 27.8 Å². The molecule has 0 spiro atoms. The number of nitrogens with zero attached hydrogens (tertiary/aromatic N) is 1. The number of carbonyl (C=O) groups excluding carboxylic acids is 1. The van der Waals surface area contributed by atoms with E-state index in [0.717, 1.165) is 11.3 Å². The number of anilines is 3. The van der Waals surface area contributed by atoms with Gasteiger partial charge in [-0.1, -0.05) is 23.7 Å². The maximum Gasteiger partial charge on any atom is 0.257 e. The zero-order valence-electron chi connectivity index (χ0n) is 14.4. The average molecular weight is 368 g/mol. The van der Waals surface area contributed by atoms with Crippen LogP contribution in [-0.2, 0) is 0 Å². The summed E-state index contributed by atoms with van der Waals surface area (Å²) in [6.45, 7) is 2.03. The van der Waals surface area contributed by atoms with Crippen molar-refractivity contribution < 1.29 is 9.53 Å². The normalized spacial score (nSPS) is 10.3. The highest BCUT2D eigenvalue weighted by atomic mass is 35.5. The number of rotatable bonds is 5. The number of methoxy groups -OCH3 is 1. The molecule has 5 nitrogen and oxygen atoms in total. The third-order valence-corrected chi connectivity index (χ3v) is 4.02. The van der Waals surface area contributed by atoms with E-state index in [1.807, 2.05) is 31.2 Å². The molecule has 26 heavy (non-hydrogen) atoms. The van der Waals surface area contributed by atoms with E-state index in [4.69, 9.17) is 16.3 Å². The fraction of sp³-hybridized carbons (Fsp3) is 0.100. The number of aromatic nitrogens is 1. The number of aryl methyl sites for hydroxylation is 1. The van der Waals surface area contributed by atoms with Crippen molar-refractivity contribution in [2.45, 2.75) is 6.92 Å². The fourth-order valence-electron chi connectivity index (χ4n) is 2.42. The van der Waals surface area contributed by atoms with Gasteiger partial charge in [-0.15, -0.1) is 0 Å². The lowest BCUT2D eigenvalue weighted by Crippen LogP contribution is -2.12. The molecule has 132 valence electrons. The molecule has 0 aliphatic rings. The summed E-state index contributed by atoms with van der Waals surface area (Å²) in [6.07, 6.45) is 1.53. The molecule has 6 heteroatoms. The Morgan fingerprint density at radius 1 is 1.08 bits per heavy atom. The van der Waals surface area contributed by atoms with Gasteiger partial charge in [0, 0.05) is 17.6 Å². The Labute approximate surface area is 157 Å². The van der Waals surface area contributed by atoms with Gasteiger partial charge in [0.05, 0.1) is 17.7 Å². The highest BCUT2D eigenvalue weighted by molar-refractivity contribution is 6.32. The lowest BCUT2D eigenvalue weighted by atomic mass is 10.2. The molecule has 0 fully saturated rings. The zero-order valence-corrected chi connectivity index (χ0v) is 15.2. The van der Waals surface area contributed by atoms with Crippen LogP contribution in [0.5, 0.6) is 5.75 Å². The van der Waals surface area contributed by atoms with Crippen LogP contribution >= 0.6 is 11.6 Å². The summed E-state index contributed by atoms with van der Waals surface area (Å²) in [5.74, 6) is 0.957. The molecular weight excluding hydrogens is 350 g/mol. The Morgan fingerprint density at radius 3 is 2.58 bits per heavy atom. The first-order valence-corrected chi connectivity index (χ1v) is 8.37. The molecule has 0 bridgehead atoms. The first kappa shape index (κ1) is 17.8. The topological polar surface area (TPSA) is 63.2 Å². The number of ether oxygens (including phenoxy) is 1. The number of benzene rings is 2. The average Bonchev–Trinajstić information content (AvgIpc) is 2.62. The second kappa shape index (κ2) is 7.89. The van der Waals surface area contributed by atoms with Crippen LogP contribution in [-0.4, -0.2) is 18.0 Å². The van der Waals surface area contributed by atoms with Gasteiger partial charge >= 0.3 is 0 Å². The number of amides is 1. The van der Waals surface area contributed by atoms with Crippen molar-refractivity contribution in [2.75, 3.05) is 17.7 Å². The van der Waals surface area contributed by atoms with Crippen LogP contribution < -0.4 is 15.4 Å². The minimum Gasteiger partial charge on any atom is -0.495 e. The van der Waals surface area contributed by atoms with Crippen LogP contribution in [0.1, 0.15) is 15.9 Å². The van der Waals surface area contributed by atoms with Gasteiger partial charge in [0.15, 0.2) is 0 Å². The molecule has 0 radical (unpaired) electrons. The molecule has 0 unspecified atom stereocenters. The van der Waals surface area contributed by atoms with Crippen molar-refractivity contribution in [1.29, 1.82) is 0 Å². The molecule has 2 N–H and O–H groups in total. The van der Waals surface area contributed by atoms with Crippen LogP contribution in [0, 0.1) is 6.92 Å². The number of hydrogen-bond acceptors (Lipinski definition) is 4. The zero-order chi connectivity index (χ0) is 18.5. The summed E-state index contributed by atoms with van der Waals surface area (Å²) in [5.41, 5.74) is 3.14. The van der Waals surface area contributed by atoms with E-state index in [2.05, 4.69) is 15.6 Å². The fourth-order valence-corrected chi connectivity index (χ4v) is 2.68. The highest BCUT2D eigenvalue weighted by Gasteiger charge is 2.09. The summed E-state index contributed by atoms with van der Waals surface area (Å²) in [5, 5.41) is 6.43. The predicted molar refractivity (Wildman–Crippen MR) is 105 cm³/mol. The molecule has 1 aromatic heterocycles. The van der Waals surface area contributed by atoms with E-state index in [1.165, 1.54) is 13.3 Å². The van der Waals surface area contributed by atoms with Crippen LogP contribution in [0.3, 0.4) is 0 Å². The molecule has 0 saturated heterocycles. The monoisotopic (exact) mass is 367 g/mol. The Kier molecular flexibility index (Phi) is 5.39. The third-order valence-electron chi connectivity index (χ3n) is 3.73. The van der Waals surface area contributed by atoms with Gasteiger partial charge in [-0.05, 0) is 55.0 Å². The van der Waals surface area contributed by atoms with Crippen LogP contribution in [0.4, 0.5) is 17.2 Å². The number of hydrogen-bond donors (Lipinski definition) is 2. The number of pyridine rings is 1. The SMILES string of the molecule is COc1ccc(NC(=O)c2ccc(Nc3cccc(C)c3)nc2)cc1Cl. The van der Waals surface area contributed by atoms with E-state index >= 15 is 0 Å². The van der Waals surface area contributed by atoms with Gasteiger partial charge in [0.2, 0.25) is 0 Å². The number of halogens is 1. The summed E-state index contributed by atoms with van der Waals surface area (Å²) in [6, 6.07) is 16.5. The third kappa shape index (κ3) is 4.32. The predicted octanol–water partition coefficient (Wildman–Crippen LogP) is 5.05. The van der Waals surface area contributed by atoms with E-state index in [1.54, 1.807) is 30.3 Å². The van der Waals surface area contributed by atoms with Gasteiger partial charge in [-0.3, -0.25) is 4.79 Å². The second-order valence-electron chi connectivity index (χ2n) is 5.73. The van der Waals surface area contributed by atoms with Crippen LogP contribution in [0.15, 0.2) is 60.8 Å². The second-order valence-corrected chi connectivity index (χ2v) is 6.14. The molecule has 0 saturated carbocycles. The first-order valence-electron chi connectivity index (χ1n) is 8.00. The molecule has 0 aliphatic heterocycles. The van der Waals surface area contributed by atoms with Crippen molar-refractivity contribution in [3.05, 3.63) is 76.9 Å². The largest absolute Gasteiger partial charge is 0.495 e. The van der Waals surface area contributed by atoms with Crippen molar-refractivity contribution in [3.63, 3.8) is 0 Å². The Hall–Kier alpha value is -3.05. The van der Waals surface area contributed by atoms with E-state index in [-0.39, 0.29) is 5.91 Å². The maximum absolute atomic E-state index is 12.3. The van der Waals surface area contributed by atoms with E-state index in [9.17, 15) is 4.79 Å². The molecule has 0 aliphatic carbocycles. The van der Waals surface area contributed by atoms with Crippen molar-refractivity contribution in [1.82, 2.24) is 4.98 Å². The highest BCUT2D eigenvalue weighted by Crippen LogP contribution is 2.27. The molecule has 3 aromatic rings. The minimum absolute atomic E-state index is 0.263. The van der Waals surface area contributed by atoms with Gasteiger partial charge in [-0.25, -0.2) is 4.98 Å². The first-order chi connectivity index (χ1) is 12.5. The minimum atomic E-state index is -0.263. The standard InChI is InChI=1S/C20H18ClN3O2/c1-13-4-3-5-15(10-13)23-19-9-6-14(12-22-19)20(25)24-16-7-8-18(26-2)17(21)11-16/h3-12H,1-2H3,(H,22,23)(H,24,25). The van der Waals surface area contributed by atoms with Crippen LogP contribution in [0.25, 0.3) is 0 Å². The van der Waals surface area contributed by atoms with Crippen molar-refractivity contribution in [2.24, 2.45) is 0 Å². The van der Waals surface area contributed by atoms with Gasteiger partial charge in [0.25, 0.3) is 5.91 Å². The Balaban J connectivity index is 1.68. The molecule has 0 atom stereocenters. The van der Waals surface area contributed by atoms with E-state index < -0.39 is 0 Å². The molecule has 3 rings (SSSR count). The van der Waals surface area contributed by atoms with Crippen molar-refractivity contribution in [3.8, 4) is 5.75 Å². The van der Waals surface area contributed by atoms with Gasteiger partial charge in [-0.2, -0.15) is 0 Å². The summed E-state index contributed by atoms with van der Waals surface area (Å²) >= 11 is 6.07. The number of nitrogens with one attached hydrogen (secondary N) is 2. The molecule has 1 amide bonds. The smallest absolute Gasteiger partial charge is 0.257 e. The van der Waals surface area contributed by atoms with Gasteiger partial charge in [0.1, 0.15) is 11.6 Å². The molecular formula is C20H18ClN3O2. The summed E-state index contributed by atoms with van der Waals surface area (Å²) in [7, 11) is 1.54. The lowest BCUT2D eigenvalue weighted by Gasteiger charge is -2.09. The Bertz CT molecular complexity index is 927.